The summed E-state index contributed by atoms with van der Waals surface area (Å²) in [6, 6.07) is 4.21. The number of rotatable bonds is 4. The molecule has 1 aromatic rings. The van der Waals surface area contributed by atoms with Crippen molar-refractivity contribution >= 4 is 23.6 Å². The van der Waals surface area contributed by atoms with Crippen molar-refractivity contribution < 1.29 is 27.5 Å². The average Bonchev–Trinajstić information content (AvgIpc) is 3.00. The Morgan fingerprint density at radius 3 is 2.52 bits per heavy atom. The monoisotopic (exact) mass is 347 g/mol. The standard InChI is InChI=1S/C15H16F3NO3S/c1-22-13(20)9-23-12-6-7-19(8-12)14(21)10-2-4-11(5-3-10)15(16,17)18/h2-5,12H,6-9H2,1H3/t12-/m1/s1. The number of amides is 1. The smallest absolute Gasteiger partial charge is 0.416 e. The second-order valence-corrected chi connectivity index (χ2v) is 6.41. The largest absolute Gasteiger partial charge is 0.468 e. The summed E-state index contributed by atoms with van der Waals surface area (Å²) in [7, 11) is 1.32. The maximum Gasteiger partial charge on any atom is 0.416 e. The van der Waals surface area contributed by atoms with E-state index in [1.807, 2.05) is 0 Å². The van der Waals surface area contributed by atoms with Crippen LogP contribution in [0.1, 0.15) is 22.3 Å². The van der Waals surface area contributed by atoms with Gasteiger partial charge in [0, 0.05) is 23.9 Å². The van der Waals surface area contributed by atoms with Crippen molar-refractivity contribution in [2.45, 2.75) is 17.8 Å². The molecule has 126 valence electrons. The third-order valence-corrected chi connectivity index (χ3v) is 4.81. The number of hydrogen-bond acceptors (Lipinski definition) is 4. The molecular weight excluding hydrogens is 331 g/mol. The quantitative estimate of drug-likeness (QED) is 0.786. The molecule has 1 atom stereocenters. The van der Waals surface area contributed by atoms with Gasteiger partial charge in [0.15, 0.2) is 0 Å². The SMILES string of the molecule is COC(=O)CS[C@@H]1CCN(C(=O)c2ccc(C(F)(F)F)cc2)C1. The second kappa shape index (κ2) is 7.25. The van der Waals surface area contributed by atoms with Crippen LogP contribution in [-0.4, -0.2) is 48.0 Å². The summed E-state index contributed by atoms with van der Waals surface area (Å²) in [6.45, 7) is 1.00. The van der Waals surface area contributed by atoms with Gasteiger partial charge >= 0.3 is 12.1 Å². The maximum atomic E-state index is 12.5. The van der Waals surface area contributed by atoms with Gasteiger partial charge in [-0.25, -0.2) is 0 Å². The van der Waals surface area contributed by atoms with Gasteiger partial charge in [-0.05, 0) is 30.7 Å². The van der Waals surface area contributed by atoms with Gasteiger partial charge in [0.25, 0.3) is 5.91 Å². The maximum absolute atomic E-state index is 12.5. The number of hydrogen-bond donors (Lipinski definition) is 0. The lowest BCUT2D eigenvalue weighted by Gasteiger charge is -2.17. The van der Waals surface area contributed by atoms with Gasteiger partial charge in [0.2, 0.25) is 0 Å². The Morgan fingerprint density at radius 2 is 1.96 bits per heavy atom. The van der Waals surface area contributed by atoms with E-state index < -0.39 is 11.7 Å². The first-order chi connectivity index (χ1) is 10.8. The number of carbonyl (C=O) groups excluding carboxylic acids is 2. The Balaban J connectivity index is 1.93. The van der Waals surface area contributed by atoms with E-state index in [0.29, 0.717) is 13.1 Å². The minimum Gasteiger partial charge on any atom is -0.468 e. The number of likely N-dealkylation sites (tertiary alicyclic amines) is 1. The number of benzene rings is 1. The van der Waals surface area contributed by atoms with E-state index in [9.17, 15) is 22.8 Å². The van der Waals surface area contributed by atoms with Crippen LogP contribution < -0.4 is 0 Å². The number of esters is 1. The highest BCUT2D eigenvalue weighted by atomic mass is 32.2. The van der Waals surface area contributed by atoms with Crippen LogP contribution >= 0.6 is 11.8 Å². The van der Waals surface area contributed by atoms with Gasteiger partial charge < -0.3 is 9.64 Å². The summed E-state index contributed by atoms with van der Waals surface area (Å²) in [5, 5.41) is 0.132. The molecule has 1 fully saturated rings. The molecule has 0 unspecified atom stereocenters. The number of carbonyl (C=O) groups is 2. The van der Waals surface area contributed by atoms with Crippen molar-refractivity contribution in [1.82, 2.24) is 4.90 Å². The molecule has 1 aliphatic rings. The molecule has 0 aliphatic carbocycles. The zero-order chi connectivity index (χ0) is 17.0. The fraction of sp³-hybridized carbons (Fsp3) is 0.467. The number of thioether (sulfide) groups is 1. The van der Waals surface area contributed by atoms with Gasteiger partial charge in [0.05, 0.1) is 18.4 Å². The molecule has 4 nitrogen and oxygen atoms in total. The lowest BCUT2D eigenvalue weighted by molar-refractivity contribution is -0.138. The third-order valence-electron chi connectivity index (χ3n) is 3.56. The first-order valence-electron chi connectivity index (χ1n) is 6.96. The summed E-state index contributed by atoms with van der Waals surface area (Å²) in [4.78, 5) is 25.0. The van der Waals surface area contributed by atoms with Crippen molar-refractivity contribution in [1.29, 1.82) is 0 Å². The van der Waals surface area contributed by atoms with Crippen LogP contribution in [0.25, 0.3) is 0 Å². The van der Waals surface area contributed by atoms with E-state index in [1.54, 1.807) is 4.90 Å². The Labute approximate surface area is 136 Å². The highest BCUT2D eigenvalue weighted by Gasteiger charge is 2.31. The van der Waals surface area contributed by atoms with E-state index in [-0.39, 0.29) is 28.4 Å². The van der Waals surface area contributed by atoms with Crippen molar-refractivity contribution in [3.05, 3.63) is 35.4 Å². The number of halogens is 3. The van der Waals surface area contributed by atoms with E-state index in [4.69, 9.17) is 0 Å². The fourth-order valence-electron chi connectivity index (χ4n) is 2.28. The van der Waals surface area contributed by atoms with Gasteiger partial charge in [0.1, 0.15) is 0 Å². The molecule has 23 heavy (non-hydrogen) atoms. The molecule has 0 radical (unpaired) electrons. The number of alkyl halides is 3. The summed E-state index contributed by atoms with van der Waals surface area (Å²) in [6.07, 6.45) is -3.67. The lowest BCUT2D eigenvalue weighted by atomic mass is 10.1. The van der Waals surface area contributed by atoms with E-state index in [0.717, 1.165) is 18.6 Å². The molecule has 1 aromatic carbocycles. The molecule has 8 heteroatoms. The third kappa shape index (κ3) is 4.63. The van der Waals surface area contributed by atoms with E-state index >= 15 is 0 Å². The Kier molecular flexibility index (Phi) is 5.56. The summed E-state index contributed by atoms with van der Waals surface area (Å²) in [5.41, 5.74) is -0.543. The number of ether oxygens (including phenoxy) is 1. The lowest BCUT2D eigenvalue weighted by Crippen LogP contribution is -2.29. The highest BCUT2D eigenvalue weighted by Crippen LogP contribution is 2.30. The fourth-order valence-corrected chi connectivity index (χ4v) is 3.32. The predicted molar refractivity (Wildman–Crippen MR) is 80.2 cm³/mol. The van der Waals surface area contributed by atoms with Crippen molar-refractivity contribution in [3.63, 3.8) is 0 Å². The minimum atomic E-state index is -4.41. The van der Waals surface area contributed by atoms with E-state index in [1.165, 1.54) is 31.0 Å². The molecule has 0 aromatic heterocycles. The topological polar surface area (TPSA) is 46.6 Å². The molecule has 0 saturated carbocycles. The summed E-state index contributed by atoms with van der Waals surface area (Å²) < 4.78 is 42.1. The Bertz CT molecular complexity index is 574. The number of methoxy groups -OCH3 is 1. The Morgan fingerprint density at radius 1 is 1.30 bits per heavy atom. The van der Waals surface area contributed by atoms with Crippen LogP contribution in [0.4, 0.5) is 13.2 Å². The first-order valence-corrected chi connectivity index (χ1v) is 8.01. The van der Waals surface area contributed by atoms with E-state index in [2.05, 4.69) is 4.74 Å². The molecule has 0 bridgehead atoms. The molecule has 1 aliphatic heterocycles. The minimum absolute atomic E-state index is 0.132. The van der Waals surface area contributed by atoms with Gasteiger partial charge in [-0.15, -0.1) is 11.8 Å². The van der Waals surface area contributed by atoms with Crippen LogP contribution in [-0.2, 0) is 15.7 Å². The average molecular weight is 347 g/mol. The molecule has 1 heterocycles. The van der Waals surface area contributed by atoms with Crippen LogP contribution in [0.2, 0.25) is 0 Å². The van der Waals surface area contributed by atoms with Crippen LogP contribution in [0.15, 0.2) is 24.3 Å². The van der Waals surface area contributed by atoms with Gasteiger partial charge in [-0.3, -0.25) is 9.59 Å². The zero-order valence-electron chi connectivity index (χ0n) is 12.4. The van der Waals surface area contributed by atoms with Gasteiger partial charge in [-0.2, -0.15) is 13.2 Å². The second-order valence-electron chi connectivity index (χ2n) is 5.12. The van der Waals surface area contributed by atoms with Crippen molar-refractivity contribution in [2.75, 3.05) is 26.0 Å². The normalized spacial score (nSPS) is 18.1. The summed E-state index contributed by atoms with van der Waals surface area (Å²) in [5.74, 6) is -0.383. The zero-order valence-corrected chi connectivity index (χ0v) is 13.2. The van der Waals surface area contributed by atoms with Crippen LogP contribution in [0.5, 0.6) is 0 Å². The predicted octanol–water partition coefficient (Wildman–Crippen LogP) is 2.83. The van der Waals surface area contributed by atoms with Crippen LogP contribution in [0.3, 0.4) is 0 Å². The molecule has 0 spiro atoms. The molecule has 1 saturated heterocycles. The molecule has 2 rings (SSSR count). The number of nitrogens with zero attached hydrogens (tertiary/aromatic N) is 1. The van der Waals surface area contributed by atoms with Gasteiger partial charge in [-0.1, -0.05) is 0 Å². The highest BCUT2D eigenvalue weighted by molar-refractivity contribution is 8.00. The molecule has 1 amide bonds. The molecule has 0 N–H and O–H groups in total. The van der Waals surface area contributed by atoms with Crippen molar-refractivity contribution in [2.24, 2.45) is 0 Å². The first kappa shape index (κ1) is 17.7. The van der Waals surface area contributed by atoms with Crippen molar-refractivity contribution in [3.8, 4) is 0 Å². The molecular formula is C15H16F3NO3S. The Hall–Kier alpha value is -1.70. The van der Waals surface area contributed by atoms with Crippen LogP contribution in [0, 0.1) is 0 Å². The summed E-state index contributed by atoms with van der Waals surface area (Å²) >= 11 is 1.42.